The van der Waals surface area contributed by atoms with Crippen molar-refractivity contribution in [3.8, 4) is 28.3 Å². The molecule has 0 aromatic heterocycles. The predicted molar refractivity (Wildman–Crippen MR) is 121 cm³/mol. The highest BCUT2D eigenvalue weighted by molar-refractivity contribution is 5.98. The smallest absolute Gasteiger partial charge is 0.120 e. The Bertz CT molecular complexity index is 1270. The van der Waals surface area contributed by atoms with Crippen LogP contribution in [0.2, 0.25) is 0 Å². The maximum Gasteiger partial charge on any atom is 0.120 e. The number of aryl methyl sites for hydroxylation is 1. The van der Waals surface area contributed by atoms with Gasteiger partial charge in [-0.1, -0.05) is 60.2 Å². The van der Waals surface area contributed by atoms with Crippen LogP contribution in [0.4, 0.5) is 0 Å². The van der Waals surface area contributed by atoms with Crippen LogP contribution in [0.25, 0.3) is 33.4 Å². The van der Waals surface area contributed by atoms with Gasteiger partial charge in [0.1, 0.15) is 17.1 Å². The van der Waals surface area contributed by atoms with Gasteiger partial charge < -0.3 is 9.30 Å². The highest BCUT2D eigenvalue weighted by atomic mass is 16.5. The van der Waals surface area contributed by atoms with Crippen molar-refractivity contribution in [2.45, 2.75) is 20.4 Å². The lowest BCUT2D eigenvalue weighted by Gasteiger charge is -2.16. The molecule has 0 N–H and O–H groups in total. The van der Waals surface area contributed by atoms with Crippen molar-refractivity contribution in [3.05, 3.63) is 90.1 Å². The molecular formula is C26H23N3O. The van der Waals surface area contributed by atoms with E-state index in [4.69, 9.17) is 4.74 Å². The van der Waals surface area contributed by atoms with E-state index in [1.807, 2.05) is 19.1 Å². The van der Waals surface area contributed by atoms with Gasteiger partial charge in [-0.05, 0) is 37.6 Å². The second-order valence-electron chi connectivity index (χ2n) is 7.53. The van der Waals surface area contributed by atoms with Gasteiger partial charge in [-0.15, -0.1) is 10.2 Å². The average Bonchev–Trinajstić information content (AvgIpc) is 3.19. The number of aromatic nitrogens is 3. The normalized spacial score (nSPS) is 11.3. The molecule has 0 atom stereocenters. The first kappa shape index (κ1) is 18.4. The lowest BCUT2D eigenvalue weighted by atomic mass is 10.0. The molecule has 0 spiro atoms. The second kappa shape index (κ2) is 7.64. The van der Waals surface area contributed by atoms with E-state index in [0.29, 0.717) is 6.61 Å². The summed E-state index contributed by atoms with van der Waals surface area (Å²) in [5.41, 5.74) is 7.55. The number of hydrogen-bond donors (Lipinski definition) is 0. The average molecular weight is 393 g/mol. The van der Waals surface area contributed by atoms with Crippen molar-refractivity contribution in [2.24, 2.45) is 0 Å². The summed E-state index contributed by atoms with van der Waals surface area (Å²) in [7, 11) is 0. The SMILES string of the molecule is CCOc1ccc2c(c1)c1nnc(-c3ccc(C)cc3)c-1cn2Cc1ccccc1. The largest absolute Gasteiger partial charge is 0.494 e. The van der Waals surface area contributed by atoms with Gasteiger partial charge in [-0.3, -0.25) is 0 Å². The quantitative estimate of drug-likeness (QED) is 0.370. The van der Waals surface area contributed by atoms with E-state index >= 15 is 0 Å². The minimum Gasteiger partial charge on any atom is -0.494 e. The number of pyridine rings is 1. The van der Waals surface area contributed by atoms with E-state index in [9.17, 15) is 0 Å². The first-order valence-electron chi connectivity index (χ1n) is 10.3. The molecule has 30 heavy (non-hydrogen) atoms. The molecule has 4 nitrogen and oxygen atoms in total. The van der Waals surface area contributed by atoms with Gasteiger partial charge >= 0.3 is 0 Å². The molecule has 0 radical (unpaired) electrons. The van der Waals surface area contributed by atoms with Crippen molar-refractivity contribution >= 4 is 10.9 Å². The Balaban J connectivity index is 1.73. The van der Waals surface area contributed by atoms with Gasteiger partial charge in [0.2, 0.25) is 0 Å². The molecule has 2 heterocycles. The molecule has 148 valence electrons. The molecule has 0 saturated heterocycles. The van der Waals surface area contributed by atoms with E-state index in [1.54, 1.807) is 0 Å². The molecule has 3 aromatic carbocycles. The summed E-state index contributed by atoms with van der Waals surface area (Å²) in [5, 5.41) is 10.2. The van der Waals surface area contributed by atoms with Gasteiger partial charge in [0.05, 0.1) is 12.1 Å². The number of fused-ring (bicyclic) bond motifs is 3. The molecule has 4 heteroatoms. The minimum atomic E-state index is 0.632. The van der Waals surface area contributed by atoms with Crippen LogP contribution in [0, 0.1) is 6.92 Å². The van der Waals surface area contributed by atoms with Crippen molar-refractivity contribution in [1.82, 2.24) is 14.8 Å². The van der Waals surface area contributed by atoms with Crippen LogP contribution >= 0.6 is 0 Å². The summed E-state index contributed by atoms with van der Waals surface area (Å²) >= 11 is 0. The topological polar surface area (TPSA) is 39.9 Å². The molecule has 0 unspecified atom stereocenters. The highest BCUT2D eigenvalue weighted by Crippen LogP contribution is 2.38. The highest BCUT2D eigenvalue weighted by Gasteiger charge is 2.20. The third-order valence-corrected chi connectivity index (χ3v) is 5.41. The lowest BCUT2D eigenvalue weighted by molar-refractivity contribution is 0.340. The summed E-state index contributed by atoms with van der Waals surface area (Å²) in [6.45, 7) is 5.50. The fourth-order valence-electron chi connectivity index (χ4n) is 3.91. The van der Waals surface area contributed by atoms with E-state index in [-0.39, 0.29) is 0 Å². The van der Waals surface area contributed by atoms with Crippen molar-refractivity contribution in [3.63, 3.8) is 0 Å². The monoisotopic (exact) mass is 393 g/mol. The summed E-state index contributed by atoms with van der Waals surface area (Å²) in [6.07, 6.45) is 2.18. The van der Waals surface area contributed by atoms with Gasteiger partial charge in [0, 0.05) is 29.3 Å². The number of ether oxygens (including phenoxy) is 1. The Morgan fingerprint density at radius 3 is 2.40 bits per heavy atom. The molecule has 0 aliphatic carbocycles. The number of benzene rings is 3. The zero-order valence-electron chi connectivity index (χ0n) is 17.2. The molecule has 0 bridgehead atoms. The van der Waals surface area contributed by atoms with E-state index < -0.39 is 0 Å². The first-order chi connectivity index (χ1) is 14.7. The van der Waals surface area contributed by atoms with Crippen LogP contribution in [-0.2, 0) is 6.54 Å². The van der Waals surface area contributed by atoms with E-state index in [2.05, 4.69) is 88.5 Å². The Morgan fingerprint density at radius 2 is 1.63 bits per heavy atom. The van der Waals surface area contributed by atoms with Crippen LogP contribution in [0.15, 0.2) is 79.0 Å². The lowest BCUT2D eigenvalue weighted by Crippen LogP contribution is -2.04. The Kier molecular flexibility index (Phi) is 4.68. The number of hydrogen-bond acceptors (Lipinski definition) is 3. The summed E-state index contributed by atoms with van der Waals surface area (Å²) in [6, 6.07) is 25.2. The van der Waals surface area contributed by atoms with Crippen LogP contribution < -0.4 is 4.74 Å². The van der Waals surface area contributed by atoms with Crippen LogP contribution in [0.3, 0.4) is 0 Å². The molecular weight excluding hydrogens is 370 g/mol. The van der Waals surface area contributed by atoms with Gasteiger partial charge in [-0.25, -0.2) is 0 Å². The molecule has 3 aromatic rings. The zero-order valence-corrected chi connectivity index (χ0v) is 17.2. The molecule has 0 amide bonds. The third-order valence-electron chi connectivity index (χ3n) is 5.41. The first-order valence-corrected chi connectivity index (χ1v) is 10.3. The zero-order chi connectivity index (χ0) is 20.5. The van der Waals surface area contributed by atoms with Crippen molar-refractivity contribution in [2.75, 3.05) is 6.61 Å². The van der Waals surface area contributed by atoms with Gasteiger partial charge in [0.15, 0.2) is 0 Å². The summed E-state index contributed by atoms with van der Waals surface area (Å²) in [5.74, 6) is 0.851. The summed E-state index contributed by atoms with van der Waals surface area (Å²) in [4.78, 5) is 0. The molecule has 0 fully saturated rings. The van der Waals surface area contributed by atoms with E-state index in [1.165, 1.54) is 11.1 Å². The molecule has 0 saturated carbocycles. The third kappa shape index (κ3) is 3.30. The van der Waals surface area contributed by atoms with Crippen LogP contribution in [0.1, 0.15) is 18.1 Å². The van der Waals surface area contributed by atoms with Gasteiger partial charge in [0.25, 0.3) is 0 Å². The molecule has 2 aliphatic rings. The number of nitrogens with zero attached hydrogens (tertiary/aromatic N) is 3. The van der Waals surface area contributed by atoms with Crippen molar-refractivity contribution < 1.29 is 4.74 Å². The van der Waals surface area contributed by atoms with Crippen molar-refractivity contribution in [1.29, 1.82) is 0 Å². The Morgan fingerprint density at radius 1 is 0.867 bits per heavy atom. The second-order valence-corrected chi connectivity index (χ2v) is 7.53. The van der Waals surface area contributed by atoms with E-state index in [0.717, 1.165) is 45.7 Å². The maximum atomic E-state index is 5.77. The standard InChI is InChI=1S/C26H23N3O/c1-3-30-21-13-14-24-22(15-21)26-23(17-29(24)16-19-7-5-4-6-8-19)25(27-28-26)20-11-9-18(2)10-12-20/h4-15,17H,3,16H2,1-2H3. The minimum absolute atomic E-state index is 0.632. The fraction of sp³-hybridized carbons (Fsp3) is 0.154. The van der Waals surface area contributed by atoms with Crippen LogP contribution in [0.5, 0.6) is 5.75 Å². The maximum absolute atomic E-state index is 5.77. The van der Waals surface area contributed by atoms with Gasteiger partial charge in [-0.2, -0.15) is 0 Å². The Hall–Kier alpha value is -3.66. The predicted octanol–water partition coefficient (Wildman–Crippen LogP) is 5.96. The number of rotatable bonds is 5. The summed E-state index contributed by atoms with van der Waals surface area (Å²) < 4.78 is 8.05. The fourth-order valence-corrected chi connectivity index (χ4v) is 3.91. The Labute approximate surface area is 176 Å². The molecule has 2 aliphatic heterocycles. The van der Waals surface area contributed by atoms with Crippen LogP contribution in [-0.4, -0.2) is 21.4 Å². The molecule has 5 rings (SSSR count).